The predicted molar refractivity (Wildman–Crippen MR) is 91.8 cm³/mol. The molecule has 152 valence electrons. The normalized spacial score (nSPS) is 17.0. The molecule has 10 heteroatoms. The maximum Gasteiger partial charge on any atom is 0.416 e. The predicted octanol–water partition coefficient (Wildman–Crippen LogP) is 3.49. The average Bonchev–Trinajstić information content (AvgIpc) is 2.64. The van der Waals surface area contributed by atoms with Crippen molar-refractivity contribution >= 4 is 10.0 Å². The summed E-state index contributed by atoms with van der Waals surface area (Å²) in [6.07, 6.45) is -4.42. The van der Waals surface area contributed by atoms with E-state index >= 15 is 0 Å². The first-order chi connectivity index (χ1) is 13.1. The third-order valence-corrected chi connectivity index (χ3v) is 6.42. The molecule has 1 saturated heterocycles. The molecule has 0 bridgehead atoms. The van der Waals surface area contributed by atoms with Crippen molar-refractivity contribution in [1.82, 2.24) is 9.21 Å². The monoisotopic (exact) mass is 420 g/mol. The van der Waals surface area contributed by atoms with E-state index in [1.807, 2.05) is 4.90 Å². The molecule has 0 spiro atoms. The highest BCUT2D eigenvalue weighted by Crippen LogP contribution is 2.30. The highest BCUT2D eigenvalue weighted by atomic mass is 32.2. The molecule has 0 amide bonds. The van der Waals surface area contributed by atoms with E-state index in [1.54, 1.807) is 6.07 Å². The fraction of sp³-hybridized carbons (Fsp3) is 0.333. The van der Waals surface area contributed by atoms with Crippen molar-refractivity contribution in [3.8, 4) is 0 Å². The number of nitrogens with zero attached hydrogens (tertiary/aromatic N) is 2. The molecule has 4 nitrogen and oxygen atoms in total. The molecule has 0 atom stereocenters. The second-order valence-electron chi connectivity index (χ2n) is 6.45. The molecule has 2 aromatic rings. The molecule has 1 heterocycles. The van der Waals surface area contributed by atoms with Crippen LogP contribution in [-0.4, -0.2) is 43.8 Å². The van der Waals surface area contributed by atoms with Crippen LogP contribution in [-0.2, 0) is 22.7 Å². The third-order valence-electron chi connectivity index (χ3n) is 4.52. The van der Waals surface area contributed by atoms with Crippen LogP contribution >= 0.6 is 0 Å². The molecular weight excluding hydrogens is 403 g/mol. The molecule has 28 heavy (non-hydrogen) atoms. The minimum Gasteiger partial charge on any atom is -0.296 e. The first kappa shape index (κ1) is 20.7. The Kier molecular flexibility index (Phi) is 5.74. The van der Waals surface area contributed by atoms with Crippen LogP contribution < -0.4 is 0 Å². The molecule has 1 aliphatic rings. The van der Waals surface area contributed by atoms with Crippen molar-refractivity contribution in [1.29, 1.82) is 0 Å². The highest BCUT2D eigenvalue weighted by molar-refractivity contribution is 7.89. The van der Waals surface area contributed by atoms with E-state index < -0.39 is 33.4 Å². The minimum absolute atomic E-state index is 0.0975. The second kappa shape index (κ2) is 7.76. The summed E-state index contributed by atoms with van der Waals surface area (Å²) in [6.45, 7) is 1.06. The number of piperazine rings is 1. The smallest absolute Gasteiger partial charge is 0.296 e. The largest absolute Gasteiger partial charge is 0.416 e. The molecule has 1 aliphatic heterocycles. The Balaban J connectivity index is 1.65. The molecule has 0 saturated carbocycles. The molecule has 0 radical (unpaired) electrons. The summed E-state index contributed by atoms with van der Waals surface area (Å²) in [5.41, 5.74) is -0.253. The van der Waals surface area contributed by atoms with E-state index in [-0.39, 0.29) is 24.5 Å². The molecule has 0 aliphatic carbocycles. The lowest BCUT2D eigenvalue weighted by Gasteiger charge is -2.34. The second-order valence-corrected chi connectivity index (χ2v) is 8.39. The summed E-state index contributed by atoms with van der Waals surface area (Å²) in [5, 5.41) is 0. The topological polar surface area (TPSA) is 40.6 Å². The molecular formula is C18H17F5N2O2S. The summed E-state index contributed by atoms with van der Waals surface area (Å²) in [5.74, 6) is -2.38. The van der Waals surface area contributed by atoms with Crippen molar-refractivity contribution in [2.45, 2.75) is 17.6 Å². The summed E-state index contributed by atoms with van der Waals surface area (Å²) in [4.78, 5) is 1.50. The van der Waals surface area contributed by atoms with Crippen molar-refractivity contribution in [2.24, 2.45) is 0 Å². The van der Waals surface area contributed by atoms with Crippen molar-refractivity contribution in [2.75, 3.05) is 26.2 Å². The lowest BCUT2D eigenvalue weighted by molar-refractivity contribution is -0.137. The van der Waals surface area contributed by atoms with E-state index in [4.69, 9.17) is 0 Å². The Labute approximate surface area is 159 Å². The minimum atomic E-state index is -4.42. The summed E-state index contributed by atoms with van der Waals surface area (Å²) < 4.78 is 91.1. The first-order valence-corrected chi connectivity index (χ1v) is 9.85. The van der Waals surface area contributed by atoms with Gasteiger partial charge in [-0.15, -0.1) is 0 Å². The van der Waals surface area contributed by atoms with E-state index in [2.05, 4.69) is 0 Å². The Morgan fingerprint density at radius 1 is 0.893 bits per heavy atom. The van der Waals surface area contributed by atoms with Crippen LogP contribution in [0, 0.1) is 11.6 Å². The van der Waals surface area contributed by atoms with Crippen LogP contribution in [0.1, 0.15) is 11.1 Å². The van der Waals surface area contributed by atoms with Crippen LogP contribution in [0.25, 0.3) is 0 Å². The van der Waals surface area contributed by atoms with Crippen LogP contribution in [0.5, 0.6) is 0 Å². The summed E-state index contributed by atoms with van der Waals surface area (Å²) >= 11 is 0. The zero-order chi connectivity index (χ0) is 20.5. The SMILES string of the molecule is O=S(=O)(c1ccc(F)c(F)c1)N1CCN(Cc2cccc(C(F)(F)F)c2)CC1. The quantitative estimate of drug-likeness (QED) is 0.711. The van der Waals surface area contributed by atoms with Gasteiger partial charge in [-0.2, -0.15) is 17.5 Å². The number of hydrogen-bond acceptors (Lipinski definition) is 3. The number of halogens is 5. The van der Waals surface area contributed by atoms with Gasteiger partial charge in [-0.3, -0.25) is 4.90 Å². The van der Waals surface area contributed by atoms with Crippen molar-refractivity contribution in [3.63, 3.8) is 0 Å². The van der Waals surface area contributed by atoms with Gasteiger partial charge in [0.15, 0.2) is 11.6 Å². The third kappa shape index (κ3) is 4.50. The van der Waals surface area contributed by atoms with Gasteiger partial charge in [0.05, 0.1) is 10.5 Å². The number of sulfonamides is 1. The van der Waals surface area contributed by atoms with Gasteiger partial charge in [0.2, 0.25) is 10.0 Å². The van der Waals surface area contributed by atoms with Crippen LogP contribution in [0.4, 0.5) is 22.0 Å². The highest BCUT2D eigenvalue weighted by Gasteiger charge is 2.31. The van der Waals surface area contributed by atoms with E-state index in [9.17, 15) is 30.4 Å². The number of rotatable bonds is 4. The van der Waals surface area contributed by atoms with Gasteiger partial charge in [0, 0.05) is 32.7 Å². The van der Waals surface area contributed by atoms with Crippen LogP contribution in [0.15, 0.2) is 47.4 Å². The molecule has 2 aromatic carbocycles. The van der Waals surface area contributed by atoms with Gasteiger partial charge in [0.25, 0.3) is 0 Å². The van der Waals surface area contributed by atoms with Crippen LogP contribution in [0.2, 0.25) is 0 Å². The maximum atomic E-state index is 13.4. The van der Waals surface area contributed by atoms with E-state index in [1.165, 1.54) is 6.07 Å². The van der Waals surface area contributed by atoms with E-state index in [0.717, 1.165) is 28.6 Å². The summed E-state index contributed by atoms with van der Waals surface area (Å²) in [7, 11) is -3.97. The zero-order valence-electron chi connectivity index (χ0n) is 14.6. The average molecular weight is 420 g/mol. The first-order valence-electron chi connectivity index (χ1n) is 8.41. The number of benzene rings is 2. The van der Waals surface area contributed by atoms with Gasteiger partial charge in [-0.05, 0) is 29.8 Å². The molecule has 0 unspecified atom stereocenters. The zero-order valence-corrected chi connectivity index (χ0v) is 15.4. The molecule has 3 rings (SSSR count). The van der Waals surface area contributed by atoms with Gasteiger partial charge in [-0.1, -0.05) is 18.2 Å². The molecule has 0 N–H and O–H groups in total. The lowest BCUT2D eigenvalue weighted by atomic mass is 10.1. The van der Waals surface area contributed by atoms with Gasteiger partial charge >= 0.3 is 6.18 Å². The van der Waals surface area contributed by atoms with Crippen LogP contribution in [0.3, 0.4) is 0 Å². The Bertz CT molecular complexity index is 955. The van der Waals surface area contributed by atoms with Gasteiger partial charge < -0.3 is 0 Å². The van der Waals surface area contributed by atoms with Crippen molar-refractivity contribution in [3.05, 3.63) is 65.2 Å². The molecule has 1 fully saturated rings. The maximum absolute atomic E-state index is 13.4. The lowest BCUT2D eigenvalue weighted by Crippen LogP contribution is -2.48. The Morgan fingerprint density at radius 3 is 2.18 bits per heavy atom. The Morgan fingerprint density at radius 2 is 1.57 bits per heavy atom. The van der Waals surface area contributed by atoms with Crippen molar-refractivity contribution < 1.29 is 30.4 Å². The van der Waals surface area contributed by atoms with E-state index in [0.29, 0.717) is 24.7 Å². The number of alkyl halides is 3. The fourth-order valence-electron chi connectivity index (χ4n) is 3.02. The molecule has 0 aromatic heterocycles. The Hall–Kier alpha value is -2.04. The number of hydrogen-bond donors (Lipinski definition) is 0. The summed E-state index contributed by atoms with van der Waals surface area (Å²) in [6, 6.07) is 7.39. The van der Waals surface area contributed by atoms with Gasteiger partial charge in [0.1, 0.15) is 0 Å². The van der Waals surface area contributed by atoms with Gasteiger partial charge in [-0.25, -0.2) is 17.2 Å². The fourth-order valence-corrected chi connectivity index (χ4v) is 4.45. The standard InChI is InChI=1S/C18H17F5N2O2S/c19-16-5-4-15(11-17(16)20)28(26,27)25-8-6-24(7-9-25)12-13-2-1-3-14(10-13)18(21,22)23/h1-5,10-11H,6-9,12H2.